The van der Waals surface area contributed by atoms with E-state index in [1.807, 2.05) is 84.6 Å². The highest BCUT2D eigenvalue weighted by molar-refractivity contribution is 9.10. The molecule has 0 saturated heterocycles. The average Bonchev–Trinajstić information content (AvgIpc) is 2.62. The van der Waals surface area contributed by atoms with Crippen LogP contribution in [0.2, 0.25) is 0 Å². The Morgan fingerprint density at radius 1 is 0.960 bits per heavy atom. The monoisotopic (exact) mass is 392 g/mol. The Morgan fingerprint density at radius 3 is 2.52 bits per heavy atom. The number of hydrogen-bond acceptors (Lipinski definition) is 2. The average molecular weight is 393 g/mol. The first-order valence-electron chi connectivity index (χ1n) is 8.15. The number of aryl methyl sites for hydroxylation is 1. The van der Waals surface area contributed by atoms with Crippen molar-refractivity contribution < 1.29 is 4.79 Å². The highest BCUT2D eigenvalue weighted by Gasteiger charge is 2.34. The summed E-state index contributed by atoms with van der Waals surface area (Å²) in [5, 5.41) is 3.53. The SMILES string of the molecule is Cc1cccc(N2C(=O)c3ccccc3N[C@@H]2c2ccccc2Br)c1. The van der Waals surface area contributed by atoms with Crippen molar-refractivity contribution in [1.29, 1.82) is 0 Å². The van der Waals surface area contributed by atoms with Crippen LogP contribution in [-0.2, 0) is 0 Å². The van der Waals surface area contributed by atoms with E-state index in [9.17, 15) is 4.79 Å². The number of para-hydroxylation sites is 1. The van der Waals surface area contributed by atoms with Crippen LogP contribution < -0.4 is 10.2 Å². The molecule has 25 heavy (non-hydrogen) atoms. The molecule has 0 radical (unpaired) electrons. The van der Waals surface area contributed by atoms with Crippen LogP contribution in [0, 0.1) is 6.92 Å². The predicted molar refractivity (Wildman–Crippen MR) is 105 cm³/mol. The van der Waals surface area contributed by atoms with Gasteiger partial charge in [0.1, 0.15) is 6.17 Å². The number of nitrogens with one attached hydrogen (secondary N) is 1. The number of amides is 1. The molecular weight excluding hydrogens is 376 g/mol. The van der Waals surface area contributed by atoms with Crippen molar-refractivity contribution in [3.05, 3.63) is 94.0 Å². The third-order valence-electron chi connectivity index (χ3n) is 4.41. The lowest BCUT2D eigenvalue weighted by atomic mass is 10.0. The first-order chi connectivity index (χ1) is 12.1. The quantitative estimate of drug-likeness (QED) is 0.621. The van der Waals surface area contributed by atoms with E-state index < -0.39 is 0 Å². The van der Waals surface area contributed by atoms with E-state index in [1.165, 1.54) is 0 Å². The summed E-state index contributed by atoms with van der Waals surface area (Å²) < 4.78 is 0.970. The van der Waals surface area contributed by atoms with Gasteiger partial charge in [-0.05, 0) is 42.8 Å². The van der Waals surface area contributed by atoms with Crippen LogP contribution >= 0.6 is 15.9 Å². The summed E-state index contributed by atoms with van der Waals surface area (Å²) >= 11 is 3.63. The lowest BCUT2D eigenvalue weighted by Crippen LogP contribution is -2.43. The smallest absolute Gasteiger partial charge is 0.262 e. The summed E-state index contributed by atoms with van der Waals surface area (Å²) in [6.07, 6.45) is -0.278. The minimum Gasteiger partial charge on any atom is -0.360 e. The molecule has 0 aromatic heterocycles. The van der Waals surface area contributed by atoms with Crippen molar-refractivity contribution in [3.8, 4) is 0 Å². The van der Waals surface area contributed by atoms with Crippen LogP contribution in [-0.4, -0.2) is 5.91 Å². The number of nitrogens with zero attached hydrogens (tertiary/aromatic N) is 1. The number of rotatable bonds is 2. The molecule has 1 heterocycles. The van der Waals surface area contributed by atoms with Crippen molar-refractivity contribution in [1.82, 2.24) is 0 Å². The van der Waals surface area contributed by atoms with Gasteiger partial charge in [-0.25, -0.2) is 0 Å². The molecule has 3 aromatic carbocycles. The van der Waals surface area contributed by atoms with Crippen LogP contribution in [0.15, 0.2) is 77.3 Å². The molecule has 1 N–H and O–H groups in total. The van der Waals surface area contributed by atoms with E-state index in [0.717, 1.165) is 27.0 Å². The second kappa shape index (κ2) is 6.37. The molecule has 4 rings (SSSR count). The summed E-state index contributed by atoms with van der Waals surface area (Å²) in [4.78, 5) is 15.1. The number of benzene rings is 3. The third-order valence-corrected chi connectivity index (χ3v) is 5.13. The number of fused-ring (bicyclic) bond motifs is 1. The zero-order valence-electron chi connectivity index (χ0n) is 13.7. The Hall–Kier alpha value is -2.59. The Labute approximate surface area is 155 Å². The Bertz CT molecular complexity index is 954. The first-order valence-corrected chi connectivity index (χ1v) is 8.94. The van der Waals surface area contributed by atoms with Gasteiger partial charge in [-0.1, -0.05) is 58.4 Å². The largest absolute Gasteiger partial charge is 0.360 e. The summed E-state index contributed by atoms with van der Waals surface area (Å²) in [6.45, 7) is 2.03. The highest BCUT2D eigenvalue weighted by atomic mass is 79.9. The van der Waals surface area contributed by atoms with Gasteiger partial charge in [-0.3, -0.25) is 9.69 Å². The number of anilines is 2. The number of carbonyl (C=O) groups is 1. The normalized spacial score (nSPS) is 16.3. The topological polar surface area (TPSA) is 32.3 Å². The van der Waals surface area contributed by atoms with Crippen molar-refractivity contribution in [2.24, 2.45) is 0 Å². The Morgan fingerprint density at radius 2 is 1.72 bits per heavy atom. The summed E-state index contributed by atoms with van der Waals surface area (Å²) in [7, 11) is 0. The van der Waals surface area contributed by atoms with E-state index in [0.29, 0.717) is 5.56 Å². The lowest BCUT2D eigenvalue weighted by molar-refractivity contribution is 0.0975. The minimum absolute atomic E-state index is 0.000651. The molecule has 1 aliphatic rings. The fourth-order valence-corrected chi connectivity index (χ4v) is 3.71. The van der Waals surface area contributed by atoms with Gasteiger partial charge in [-0.2, -0.15) is 0 Å². The van der Waals surface area contributed by atoms with Crippen molar-refractivity contribution >= 4 is 33.2 Å². The van der Waals surface area contributed by atoms with Gasteiger partial charge >= 0.3 is 0 Å². The maximum atomic E-state index is 13.3. The Balaban J connectivity index is 1.90. The molecule has 0 aliphatic carbocycles. The highest BCUT2D eigenvalue weighted by Crippen LogP contribution is 2.38. The zero-order chi connectivity index (χ0) is 17.4. The maximum Gasteiger partial charge on any atom is 0.262 e. The number of hydrogen-bond donors (Lipinski definition) is 1. The van der Waals surface area contributed by atoms with Crippen LogP contribution in [0.5, 0.6) is 0 Å². The molecule has 124 valence electrons. The third kappa shape index (κ3) is 2.83. The van der Waals surface area contributed by atoms with Crippen molar-refractivity contribution in [3.63, 3.8) is 0 Å². The molecule has 1 atom stereocenters. The van der Waals surface area contributed by atoms with Gasteiger partial charge in [-0.15, -0.1) is 0 Å². The van der Waals surface area contributed by atoms with Gasteiger partial charge < -0.3 is 5.32 Å². The molecule has 1 aliphatic heterocycles. The number of carbonyl (C=O) groups excluding carboxylic acids is 1. The molecule has 0 unspecified atom stereocenters. The van der Waals surface area contributed by atoms with E-state index in [4.69, 9.17) is 0 Å². The predicted octanol–water partition coefficient (Wildman–Crippen LogP) is 5.53. The molecule has 3 aromatic rings. The van der Waals surface area contributed by atoms with Gasteiger partial charge in [0.15, 0.2) is 0 Å². The molecule has 0 bridgehead atoms. The standard InChI is InChI=1S/C21H17BrN2O/c1-14-7-6-8-15(13-14)24-20(16-9-2-4-11-18(16)22)23-19-12-5-3-10-17(19)21(24)25/h2-13,20,23H,1H3/t20-/m0/s1. The van der Waals surface area contributed by atoms with Gasteiger partial charge in [0.05, 0.1) is 5.56 Å². The van der Waals surface area contributed by atoms with Crippen LogP contribution in [0.1, 0.15) is 27.7 Å². The molecule has 1 amide bonds. The Kier molecular flexibility index (Phi) is 4.06. The van der Waals surface area contributed by atoms with Crippen LogP contribution in [0.3, 0.4) is 0 Å². The van der Waals surface area contributed by atoms with E-state index in [-0.39, 0.29) is 12.1 Å². The van der Waals surface area contributed by atoms with E-state index in [1.54, 1.807) is 0 Å². The molecule has 3 nitrogen and oxygen atoms in total. The van der Waals surface area contributed by atoms with Gasteiger partial charge in [0.25, 0.3) is 5.91 Å². The molecular formula is C21H17BrN2O. The molecule has 4 heteroatoms. The number of halogens is 1. The molecule has 0 fully saturated rings. The van der Waals surface area contributed by atoms with Crippen molar-refractivity contribution in [2.75, 3.05) is 10.2 Å². The maximum absolute atomic E-state index is 13.3. The minimum atomic E-state index is -0.278. The van der Waals surface area contributed by atoms with E-state index >= 15 is 0 Å². The first kappa shape index (κ1) is 15.9. The van der Waals surface area contributed by atoms with Gasteiger partial charge in [0.2, 0.25) is 0 Å². The summed E-state index contributed by atoms with van der Waals surface area (Å²) in [5.41, 5.74) is 4.57. The molecule has 0 spiro atoms. The van der Waals surface area contributed by atoms with Crippen molar-refractivity contribution in [2.45, 2.75) is 13.1 Å². The van der Waals surface area contributed by atoms with Crippen LogP contribution in [0.4, 0.5) is 11.4 Å². The zero-order valence-corrected chi connectivity index (χ0v) is 15.3. The second-order valence-corrected chi connectivity index (χ2v) is 6.98. The fraction of sp³-hybridized carbons (Fsp3) is 0.0952. The summed E-state index contributed by atoms with van der Waals surface area (Å²) in [6, 6.07) is 23.7. The van der Waals surface area contributed by atoms with Gasteiger partial charge in [0, 0.05) is 21.4 Å². The van der Waals surface area contributed by atoms with E-state index in [2.05, 4.69) is 21.2 Å². The summed E-state index contributed by atoms with van der Waals surface area (Å²) in [5.74, 6) is 0.000651. The fourth-order valence-electron chi connectivity index (χ4n) is 3.21. The lowest BCUT2D eigenvalue weighted by Gasteiger charge is -2.38. The van der Waals surface area contributed by atoms with Crippen LogP contribution in [0.25, 0.3) is 0 Å². The second-order valence-electron chi connectivity index (χ2n) is 6.13. The molecule has 0 saturated carbocycles.